The van der Waals surface area contributed by atoms with Crippen molar-refractivity contribution in [3.63, 3.8) is 0 Å². The maximum Gasteiger partial charge on any atom is 0.431 e. The fourth-order valence-corrected chi connectivity index (χ4v) is 8.88. The first-order valence-corrected chi connectivity index (χ1v) is 28.5. The van der Waals surface area contributed by atoms with Crippen LogP contribution in [0.1, 0.15) is 58.8 Å². The number of benzene rings is 4. The van der Waals surface area contributed by atoms with Crippen molar-refractivity contribution in [2.45, 2.75) is 70.0 Å². The molecule has 0 aliphatic heterocycles. The van der Waals surface area contributed by atoms with E-state index in [1.54, 1.807) is 11.6 Å². The lowest BCUT2D eigenvalue weighted by Gasteiger charge is -2.17. The summed E-state index contributed by atoms with van der Waals surface area (Å²) in [6.07, 6.45) is -11.7. The van der Waals surface area contributed by atoms with Crippen molar-refractivity contribution in [1.82, 2.24) is 34.1 Å². The summed E-state index contributed by atoms with van der Waals surface area (Å²) in [6, 6.07) is 18.4. The minimum atomic E-state index is -4.84. The molecule has 0 fully saturated rings. The molecule has 1 unspecified atom stereocenters. The summed E-state index contributed by atoms with van der Waals surface area (Å²) in [7, 11) is -3.68. The lowest BCUT2D eigenvalue weighted by atomic mass is 10.1. The van der Waals surface area contributed by atoms with E-state index < -0.39 is 108 Å². The van der Waals surface area contributed by atoms with Gasteiger partial charge in [0.25, 0.3) is 15.6 Å². The number of aryl methyl sites for hydroxylation is 3. The number of sulfonamides is 1. The predicted octanol–water partition coefficient (Wildman–Crippen LogP) is 7.33. The molecule has 0 aliphatic rings. The lowest BCUT2D eigenvalue weighted by Crippen LogP contribution is -2.40. The highest BCUT2D eigenvalue weighted by molar-refractivity contribution is 7.90. The van der Waals surface area contributed by atoms with Crippen LogP contribution in [0, 0.1) is 6.92 Å². The van der Waals surface area contributed by atoms with Crippen molar-refractivity contribution < 1.29 is 102 Å². The number of hydrogen-bond acceptors (Lipinski definition) is 18. The maximum absolute atomic E-state index is 13.1. The zero-order chi connectivity index (χ0) is 65.8. The van der Waals surface area contributed by atoms with E-state index in [0.717, 1.165) is 25.1 Å². The molecule has 4 aromatic carbocycles. The number of anilines is 1. The third kappa shape index (κ3) is 23.5. The second kappa shape index (κ2) is 32.4. The fourth-order valence-electron chi connectivity index (χ4n) is 6.84. The van der Waals surface area contributed by atoms with Crippen molar-refractivity contribution in [3.8, 4) is 28.9 Å². The van der Waals surface area contributed by atoms with Crippen LogP contribution in [0.5, 0.6) is 23.3 Å². The number of amides is 2. The molecule has 1 atom stereocenters. The number of ether oxygens (including phenoxy) is 5. The van der Waals surface area contributed by atoms with Gasteiger partial charge in [-0.25, -0.2) is 36.9 Å². The van der Waals surface area contributed by atoms with Crippen LogP contribution in [0.25, 0.3) is 5.69 Å². The molecule has 2 aromatic heterocycles. The van der Waals surface area contributed by atoms with E-state index in [1.165, 1.54) is 82.9 Å². The Labute approximate surface area is 500 Å². The SMILES string of the molecule is CCc1ccc(COc2ccc(-n3c(=O)cc(C(F)(F)F)n(C)c3=O)cc2)c(OC(C)C(=O)OC)c1.COc1c(Cl)ccc(Cl)c1C(=O)O.COc1nc(C)nc(NC(=O)NS(=O)(=O)c2ccccc2CCC(F)(F)F)n1.O=C(O)CNCP(=O)(O)O. The number of urea groups is 1. The van der Waals surface area contributed by atoms with Crippen molar-refractivity contribution in [3.05, 3.63) is 150 Å². The number of nitrogens with zero attached hydrogens (tertiary/aromatic N) is 5. The van der Waals surface area contributed by atoms with E-state index in [9.17, 15) is 68.1 Å². The number of hydrogen-bond donors (Lipinski definition) is 7. The van der Waals surface area contributed by atoms with Gasteiger partial charge in [0.05, 0.1) is 54.8 Å². The Morgan fingerprint density at radius 1 is 0.839 bits per heavy atom. The van der Waals surface area contributed by atoms with E-state index in [-0.39, 0.29) is 57.0 Å². The van der Waals surface area contributed by atoms with Crippen LogP contribution in [0.2, 0.25) is 10.0 Å². The molecular weight excluding hydrogens is 1260 g/mol. The number of carbonyl (C=O) groups is 4. The average molecular weight is 1320 g/mol. The molecule has 474 valence electrons. The Hall–Kier alpha value is -8.33. The number of aromatic carboxylic acids is 1. The lowest BCUT2D eigenvalue weighted by molar-refractivity contribution is -0.148. The van der Waals surface area contributed by atoms with Gasteiger partial charge in [0.1, 0.15) is 35.2 Å². The van der Waals surface area contributed by atoms with E-state index in [0.29, 0.717) is 32.3 Å². The van der Waals surface area contributed by atoms with E-state index >= 15 is 0 Å². The molecule has 7 N–H and O–H groups in total. The molecule has 6 aromatic rings. The van der Waals surface area contributed by atoms with Gasteiger partial charge in [0.15, 0.2) is 11.9 Å². The van der Waals surface area contributed by atoms with Crippen LogP contribution < -0.4 is 45.6 Å². The number of rotatable bonds is 20. The van der Waals surface area contributed by atoms with Crippen LogP contribution in [-0.2, 0) is 61.6 Å². The number of nitrogens with one attached hydrogen (secondary N) is 3. The number of carbonyl (C=O) groups excluding carboxylic acids is 2. The Kier molecular flexibility index (Phi) is 27.2. The number of esters is 1. The molecule has 0 radical (unpaired) electrons. The molecule has 6 rings (SSSR count). The molecule has 0 saturated carbocycles. The van der Waals surface area contributed by atoms with E-state index in [2.05, 4.69) is 25.6 Å². The average Bonchev–Trinajstić information content (AvgIpc) is 1.06. The van der Waals surface area contributed by atoms with Crippen molar-refractivity contribution in [2.75, 3.05) is 39.5 Å². The third-order valence-electron chi connectivity index (χ3n) is 10.8. The Bertz CT molecular complexity index is 3690. The minimum absolute atomic E-state index is 0.0715. The maximum atomic E-state index is 13.1. The van der Waals surface area contributed by atoms with Crippen molar-refractivity contribution in [2.24, 2.45) is 7.05 Å². The van der Waals surface area contributed by atoms with Crippen LogP contribution in [0.4, 0.5) is 37.1 Å². The van der Waals surface area contributed by atoms with Crippen LogP contribution in [-0.4, -0.2) is 123 Å². The Balaban J connectivity index is 0.000000340. The number of alkyl halides is 6. The van der Waals surface area contributed by atoms with Crippen LogP contribution in [0.15, 0.2) is 99.4 Å². The number of carboxylic acids is 2. The summed E-state index contributed by atoms with van der Waals surface area (Å²) in [5.41, 5.74) is -1.99. The quantitative estimate of drug-likeness (QED) is 0.0223. The predicted molar refractivity (Wildman–Crippen MR) is 298 cm³/mol. The fraction of sp³-hybridized carbons (Fsp3) is 0.314. The van der Waals surface area contributed by atoms with Gasteiger partial charge < -0.3 is 43.7 Å². The van der Waals surface area contributed by atoms with E-state index in [4.69, 9.17) is 66.9 Å². The molecule has 0 bridgehead atoms. The second-order valence-electron chi connectivity index (χ2n) is 17.3. The molecule has 26 nitrogen and oxygen atoms in total. The molecule has 87 heavy (non-hydrogen) atoms. The van der Waals surface area contributed by atoms with Gasteiger partial charge in [-0.05, 0) is 86.3 Å². The number of methoxy groups -OCH3 is 3. The summed E-state index contributed by atoms with van der Waals surface area (Å²) in [6.45, 7) is 4.69. The summed E-state index contributed by atoms with van der Waals surface area (Å²) < 4.78 is 140. The van der Waals surface area contributed by atoms with Gasteiger partial charge in [-0.15, -0.1) is 0 Å². The highest BCUT2D eigenvalue weighted by Gasteiger charge is 2.35. The highest BCUT2D eigenvalue weighted by Crippen LogP contribution is 2.34. The first-order valence-electron chi connectivity index (χ1n) is 24.4. The number of aliphatic carboxylic acids is 1. The molecule has 0 aliphatic carbocycles. The minimum Gasteiger partial charge on any atom is -0.494 e. The van der Waals surface area contributed by atoms with Gasteiger partial charge in [0.2, 0.25) is 5.95 Å². The van der Waals surface area contributed by atoms with E-state index in [1.807, 2.05) is 25.1 Å². The van der Waals surface area contributed by atoms with Crippen LogP contribution in [0.3, 0.4) is 0 Å². The van der Waals surface area contributed by atoms with Crippen LogP contribution >= 0.6 is 30.8 Å². The standard InChI is InChI=1S/C25H25F3N2O6.C15H16F3N5O4S.C8H6Cl2O3.C3H8NO5P/c1-5-16-6-7-17(20(12-16)36-15(2)23(32)34-4)14-35-19-10-8-18(9-11-19)30-22(31)13-21(25(26,27)28)29(3)24(30)33;1-9-19-12(22-14(20-9)27-2)21-13(24)23-28(25,26)11-6-4-3-5-10(11)7-8-15(16,17)18;1-13-7-5(10)3-2-4(9)6(7)8(11)12;5-3(6)1-4-2-10(7,8)9/h6-13,15H,5,14H2,1-4H3;3-6H,7-8H2,1-2H3,(H2,19,20,21,22,23,24);2-3H,1H3,(H,11,12);4H,1-2H2,(H,5,6)(H2,7,8,9). The largest absolute Gasteiger partial charge is 0.494 e. The summed E-state index contributed by atoms with van der Waals surface area (Å²) in [5.74, 6) is -1.96. The van der Waals surface area contributed by atoms with Crippen molar-refractivity contribution in [1.29, 1.82) is 0 Å². The van der Waals surface area contributed by atoms with Gasteiger partial charge in [-0.1, -0.05) is 60.5 Å². The monoisotopic (exact) mass is 1310 g/mol. The molecular formula is C51H55Cl2F6N8O18PS. The number of halogens is 8. The summed E-state index contributed by atoms with van der Waals surface area (Å²) in [5, 5.41) is 21.3. The van der Waals surface area contributed by atoms with Crippen molar-refractivity contribution >= 4 is 70.7 Å². The van der Waals surface area contributed by atoms with Gasteiger partial charge in [-0.2, -0.15) is 41.3 Å². The Morgan fingerprint density at radius 2 is 1.47 bits per heavy atom. The second-order valence-corrected chi connectivity index (χ2v) is 21.4. The highest BCUT2D eigenvalue weighted by atomic mass is 35.5. The Morgan fingerprint density at radius 3 is 2.01 bits per heavy atom. The molecule has 0 saturated heterocycles. The molecule has 36 heteroatoms. The third-order valence-corrected chi connectivity index (χ3v) is 13.5. The van der Waals surface area contributed by atoms with Gasteiger partial charge in [-0.3, -0.25) is 29.4 Å². The number of aromatic nitrogens is 5. The zero-order valence-electron chi connectivity index (χ0n) is 46.5. The van der Waals surface area contributed by atoms with Gasteiger partial charge >= 0.3 is 55.6 Å². The summed E-state index contributed by atoms with van der Waals surface area (Å²) >= 11 is 11.4. The normalized spacial score (nSPS) is 11.6. The molecule has 0 spiro atoms. The topological polar surface area (TPSA) is 365 Å². The zero-order valence-corrected chi connectivity index (χ0v) is 49.7. The molecule has 2 heterocycles. The molecule has 2 amide bonds. The first-order chi connectivity index (χ1) is 40.4. The van der Waals surface area contributed by atoms with Gasteiger partial charge in [0, 0.05) is 25.1 Å². The smallest absolute Gasteiger partial charge is 0.431 e. The first kappa shape index (κ1) is 72.9. The number of carboxylic acid groups (broad SMARTS) is 2. The summed E-state index contributed by atoms with van der Waals surface area (Å²) in [4.78, 5) is 96.3.